The molecule has 1 atom stereocenters. The summed E-state index contributed by atoms with van der Waals surface area (Å²) in [4.78, 5) is 22.2. The Kier molecular flexibility index (Phi) is 6.38. The van der Waals surface area contributed by atoms with Gasteiger partial charge in [0.2, 0.25) is 5.91 Å². The summed E-state index contributed by atoms with van der Waals surface area (Å²) in [6.07, 6.45) is 3.56. The molecule has 0 bridgehead atoms. The number of nitrogens with one attached hydrogen (secondary N) is 2. The quantitative estimate of drug-likeness (QED) is 0.597. The van der Waals surface area contributed by atoms with Gasteiger partial charge in [-0.3, -0.25) is 4.79 Å². The summed E-state index contributed by atoms with van der Waals surface area (Å²) in [6, 6.07) is 6.76. The first kappa shape index (κ1) is 22.3. The Morgan fingerprint density at radius 1 is 1.33 bits per heavy atom. The number of morpholine rings is 1. The molecule has 4 heterocycles. The number of fused-ring (bicyclic) bond motifs is 2. The van der Waals surface area contributed by atoms with Crippen molar-refractivity contribution < 1.29 is 14.3 Å². The first-order valence-electron chi connectivity index (χ1n) is 11.5. The van der Waals surface area contributed by atoms with Crippen molar-refractivity contribution in [2.45, 2.75) is 32.4 Å². The topological polar surface area (TPSA) is 79.5 Å². The zero-order chi connectivity index (χ0) is 22.9. The molecular weight excluding hydrogens is 440 g/mol. The van der Waals surface area contributed by atoms with Crippen LogP contribution in [0.2, 0.25) is 5.15 Å². The van der Waals surface area contributed by atoms with E-state index in [-0.39, 0.29) is 18.6 Å². The summed E-state index contributed by atoms with van der Waals surface area (Å²) in [6.45, 7) is 5.64. The molecule has 1 saturated heterocycles. The molecule has 0 radical (unpaired) electrons. The number of benzene rings is 1. The largest absolute Gasteiger partial charge is 0.378 e. The number of nitrogens with zero attached hydrogens (tertiary/aromatic N) is 2. The molecule has 8 heteroatoms. The van der Waals surface area contributed by atoms with Gasteiger partial charge < -0.3 is 24.7 Å². The number of aryl methyl sites for hydroxylation is 1. The molecule has 174 valence electrons. The predicted molar refractivity (Wildman–Crippen MR) is 128 cm³/mol. The van der Waals surface area contributed by atoms with E-state index in [1.165, 1.54) is 16.7 Å². The number of hydrogen-bond acceptors (Lipinski definition) is 5. The van der Waals surface area contributed by atoms with Gasteiger partial charge in [0, 0.05) is 43.9 Å². The van der Waals surface area contributed by atoms with Gasteiger partial charge in [0.25, 0.3) is 0 Å². The number of ether oxygens (including phenoxy) is 2. The fourth-order valence-electron chi connectivity index (χ4n) is 4.96. The van der Waals surface area contributed by atoms with E-state index in [4.69, 9.17) is 21.1 Å². The maximum atomic E-state index is 12.5. The number of pyridine rings is 1. The van der Waals surface area contributed by atoms with Crippen LogP contribution in [0.15, 0.2) is 24.4 Å². The van der Waals surface area contributed by atoms with Crippen molar-refractivity contribution in [1.82, 2.24) is 20.2 Å². The lowest BCUT2D eigenvalue weighted by Crippen LogP contribution is -2.40. The third kappa shape index (κ3) is 4.26. The minimum Gasteiger partial charge on any atom is -0.378 e. The molecule has 7 nitrogen and oxygen atoms in total. The smallest absolute Gasteiger partial charge is 0.248 e. The molecule has 5 rings (SSSR count). The predicted octanol–water partition coefficient (Wildman–Crippen LogP) is 3.64. The maximum absolute atomic E-state index is 12.5. The minimum atomic E-state index is 0.0251. The van der Waals surface area contributed by atoms with Gasteiger partial charge in [0.1, 0.15) is 17.4 Å². The molecule has 0 unspecified atom stereocenters. The van der Waals surface area contributed by atoms with Gasteiger partial charge in [0.05, 0.1) is 19.3 Å². The Morgan fingerprint density at radius 3 is 2.97 bits per heavy atom. The number of halogens is 1. The third-order valence-electron chi connectivity index (χ3n) is 6.69. The molecule has 2 aliphatic rings. The number of methoxy groups -OCH3 is 1. The van der Waals surface area contributed by atoms with Crippen LogP contribution in [0.5, 0.6) is 0 Å². The Labute approximate surface area is 198 Å². The highest BCUT2D eigenvalue weighted by Gasteiger charge is 2.27. The first-order valence-corrected chi connectivity index (χ1v) is 11.9. The maximum Gasteiger partial charge on any atom is 0.248 e. The lowest BCUT2D eigenvalue weighted by molar-refractivity contribution is -0.136. The average Bonchev–Trinajstić information content (AvgIpc) is 3.17. The second kappa shape index (κ2) is 9.43. The fraction of sp³-hybridized carbons (Fsp3) is 0.440. The Balaban J connectivity index is 1.58. The molecular formula is C25H29ClN4O3. The summed E-state index contributed by atoms with van der Waals surface area (Å²) in [5.74, 6) is 0.0251. The van der Waals surface area contributed by atoms with E-state index < -0.39 is 0 Å². The van der Waals surface area contributed by atoms with Crippen LogP contribution in [0.4, 0.5) is 0 Å². The van der Waals surface area contributed by atoms with E-state index in [0.717, 1.165) is 47.1 Å². The van der Waals surface area contributed by atoms with Crippen LogP contribution in [0.1, 0.15) is 35.2 Å². The zero-order valence-electron chi connectivity index (χ0n) is 19.0. The van der Waals surface area contributed by atoms with Gasteiger partial charge in [-0.2, -0.15) is 0 Å². The summed E-state index contributed by atoms with van der Waals surface area (Å²) in [5.41, 5.74) is 7.78. The zero-order valence-corrected chi connectivity index (χ0v) is 19.8. The first-order chi connectivity index (χ1) is 16.1. The summed E-state index contributed by atoms with van der Waals surface area (Å²) >= 11 is 6.39. The van der Waals surface area contributed by atoms with Gasteiger partial charge in [-0.25, -0.2) is 4.98 Å². The van der Waals surface area contributed by atoms with Crippen LogP contribution in [-0.4, -0.2) is 60.8 Å². The number of aromatic nitrogens is 2. The van der Waals surface area contributed by atoms with Crippen molar-refractivity contribution in [2.75, 3.05) is 40.0 Å². The number of hydrogen-bond donors (Lipinski definition) is 2. The van der Waals surface area contributed by atoms with Crippen LogP contribution in [0.25, 0.3) is 22.2 Å². The lowest BCUT2D eigenvalue weighted by Gasteiger charge is -2.34. The van der Waals surface area contributed by atoms with Crippen molar-refractivity contribution in [2.24, 2.45) is 0 Å². The monoisotopic (exact) mass is 468 g/mol. The van der Waals surface area contributed by atoms with Gasteiger partial charge in [0.15, 0.2) is 0 Å². The fourth-order valence-corrected chi connectivity index (χ4v) is 5.29. The molecule has 2 aliphatic heterocycles. The normalized spacial score (nSPS) is 18.5. The summed E-state index contributed by atoms with van der Waals surface area (Å²) < 4.78 is 10.9. The number of amides is 1. The Bertz CT molecular complexity index is 1190. The van der Waals surface area contributed by atoms with Crippen molar-refractivity contribution in [3.05, 3.63) is 51.8 Å². The molecule has 2 aromatic heterocycles. The SMILES string of the molecule is CCc1c(Cl)[nH]c2ncc(-c3cc4c(c([C@@H]5COCCN5)c3)CN(C(=O)COC)CC4)cc12. The van der Waals surface area contributed by atoms with E-state index in [0.29, 0.717) is 31.5 Å². The molecule has 1 fully saturated rings. The van der Waals surface area contributed by atoms with Crippen LogP contribution in [0.3, 0.4) is 0 Å². The highest BCUT2D eigenvalue weighted by molar-refractivity contribution is 6.31. The van der Waals surface area contributed by atoms with Crippen molar-refractivity contribution >= 4 is 28.5 Å². The van der Waals surface area contributed by atoms with Gasteiger partial charge >= 0.3 is 0 Å². The number of carbonyl (C=O) groups excluding carboxylic acids is 1. The molecule has 2 N–H and O–H groups in total. The van der Waals surface area contributed by atoms with E-state index >= 15 is 0 Å². The summed E-state index contributed by atoms with van der Waals surface area (Å²) in [5, 5.41) is 5.32. The molecule has 33 heavy (non-hydrogen) atoms. The molecule has 1 amide bonds. The van der Waals surface area contributed by atoms with Crippen LogP contribution in [0, 0.1) is 0 Å². The molecule has 0 aliphatic carbocycles. The minimum absolute atomic E-state index is 0.0251. The van der Waals surface area contributed by atoms with Crippen molar-refractivity contribution in [3.63, 3.8) is 0 Å². The van der Waals surface area contributed by atoms with Gasteiger partial charge in [-0.1, -0.05) is 24.6 Å². The van der Waals surface area contributed by atoms with Crippen LogP contribution in [-0.2, 0) is 33.7 Å². The van der Waals surface area contributed by atoms with Crippen molar-refractivity contribution in [1.29, 1.82) is 0 Å². The average molecular weight is 469 g/mol. The molecule has 3 aromatic rings. The van der Waals surface area contributed by atoms with E-state index in [9.17, 15) is 4.79 Å². The van der Waals surface area contributed by atoms with Crippen LogP contribution < -0.4 is 5.32 Å². The number of carbonyl (C=O) groups is 1. The molecule has 1 aromatic carbocycles. The standard InChI is InChI=1S/C25H29ClN4O3/c1-3-18-20-10-17(11-28-25(20)29-24(18)26)16-8-15-4-6-30(23(31)14-32-2)12-21(15)19(9-16)22-13-33-7-5-27-22/h8-11,22,27H,3-7,12-14H2,1-2H3,(H,28,29)/t22-/m0/s1. The van der Waals surface area contributed by atoms with E-state index in [1.807, 2.05) is 11.1 Å². The molecule has 0 saturated carbocycles. The lowest BCUT2D eigenvalue weighted by atomic mass is 9.87. The van der Waals surface area contributed by atoms with Gasteiger partial charge in [-0.05, 0) is 52.8 Å². The Morgan fingerprint density at radius 2 is 2.21 bits per heavy atom. The summed E-state index contributed by atoms with van der Waals surface area (Å²) in [7, 11) is 1.56. The third-order valence-corrected chi connectivity index (χ3v) is 7.01. The number of H-pyrrole nitrogens is 1. The number of aromatic amines is 1. The molecule has 0 spiro atoms. The highest BCUT2D eigenvalue weighted by atomic mass is 35.5. The van der Waals surface area contributed by atoms with Crippen LogP contribution >= 0.6 is 11.6 Å². The second-order valence-electron chi connectivity index (χ2n) is 8.67. The van der Waals surface area contributed by atoms with Crippen molar-refractivity contribution in [3.8, 4) is 11.1 Å². The Hall–Kier alpha value is -2.45. The van der Waals surface area contributed by atoms with E-state index in [1.54, 1.807) is 7.11 Å². The second-order valence-corrected chi connectivity index (χ2v) is 9.05. The van der Waals surface area contributed by atoms with E-state index in [2.05, 4.69) is 40.4 Å². The number of rotatable bonds is 5. The highest BCUT2D eigenvalue weighted by Crippen LogP contribution is 2.35. The van der Waals surface area contributed by atoms with Gasteiger partial charge in [-0.15, -0.1) is 0 Å².